The number of aliphatic imine (C=N–C) groups is 1. The summed E-state index contributed by atoms with van der Waals surface area (Å²) in [6, 6.07) is 21.7. The zero-order chi connectivity index (χ0) is 20.8. The number of hydrogen-bond acceptors (Lipinski definition) is 2. The van der Waals surface area contributed by atoms with Gasteiger partial charge in [0.25, 0.3) is 5.91 Å². The Bertz CT molecular complexity index is 1010. The second-order valence-corrected chi connectivity index (χ2v) is 6.85. The summed E-state index contributed by atoms with van der Waals surface area (Å²) in [7, 11) is 3.54. The highest BCUT2D eigenvalue weighted by molar-refractivity contribution is 6.09. The first-order chi connectivity index (χ1) is 14.0. The Kier molecular flexibility index (Phi) is 6.29. The standard InChI is InChI=1S/C24H21FN2O2/c1-27(2)16-26-24(29)22(18-12-14-21(25)15-13-18)17-8-10-20(11-9-17)23(28)19-6-4-3-5-7-19/h3-16,22H,1-2H3/t22-/m0/s1. The lowest BCUT2D eigenvalue weighted by atomic mass is 9.89. The normalized spacial score (nSPS) is 12.0. The van der Waals surface area contributed by atoms with Gasteiger partial charge in [-0.1, -0.05) is 66.7 Å². The largest absolute Gasteiger partial charge is 0.369 e. The molecule has 0 aliphatic rings. The third-order valence-electron chi connectivity index (χ3n) is 4.41. The van der Waals surface area contributed by atoms with Gasteiger partial charge >= 0.3 is 0 Å². The van der Waals surface area contributed by atoms with Gasteiger partial charge in [-0.25, -0.2) is 9.38 Å². The van der Waals surface area contributed by atoms with Crippen LogP contribution in [0.15, 0.2) is 83.9 Å². The topological polar surface area (TPSA) is 49.7 Å². The summed E-state index contributed by atoms with van der Waals surface area (Å²) in [5, 5.41) is 0. The van der Waals surface area contributed by atoms with Crippen LogP contribution in [0.3, 0.4) is 0 Å². The number of ketones is 1. The van der Waals surface area contributed by atoms with Crippen molar-refractivity contribution in [2.24, 2.45) is 4.99 Å². The van der Waals surface area contributed by atoms with E-state index in [-0.39, 0.29) is 17.5 Å². The van der Waals surface area contributed by atoms with Crippen LogP contribution in [0.4, 0.5) is 4.39 Å². The SMILES string of the molecule is CN(C)C=NC(=O)[C@H](c1ccc(F)cc1)c1ccc(C(=O)c2ccccc2)cc1. The fourth-order valence-electron chi connectivity index (χ4n) is 2.96. The zero-order valence-electron chi connectivity index (χ0n) is 16.2. The van der Waals surface area contributed by atoms with Crippen LogP contribution in [-0.4, -0.2) is 37.0 Å². The van der Waals surface area contributed by atoms with Crippen LogP contribution in [0.1, 0.15) is 33.0 Å². The second-order valence-electron chi connectivity index (χ2n) is 6.85. The summed E-state index contributed by atoms with van der Waals surface area (Å²) in [5.41, 5.74) is 2.45. The van der Waals surface area contributed by atoms with Gasteiger partial charge in [0.2, 0.25) is 0 Å². The Morgan fingerprint density at radius 2 is 1.34 bits per heavy atom. The quantitative estimate of drug-likeness (QED) is 0.359. The van der Waals surface area contributed by atoms with Crippen molar-refractivity contribution in [1.29, 1.82) is 0 Å². The Labute approximate surface area is 169 Å². The van der Waals surface area contributed by atoms with E-state index >= 15 is 0 Å². The zero-order valence-corrected chi connectivity index (χ0v) is 16.2. The molecular formula is C24H21FN2O2. The van der Waals surface area contributed by atoms with Gasteiger partial charge in [0, 0.05) is 25.2 Å². The van der Waals surface area contributed by atoms with Crippen molar-refractivity contribution in [2.75, 3.05) is 14.1 Å². The number of amides is 1. The Morgan fingerprint density at radius 1 is 0.828 bits per heavy atom. The summed E-state index contributed by atoms with van der Waals surface area (Å²) < 4.78 is 13.4. The van der Waals surface area contributed by atoms with Crippen molar-refractivity contribution in [3.05, 3.63) is 107 Å². The predicted octanol–water partition coefficient (Wildman–Crippen LogP) is 4.31. The van der Waals surface area contributed by atoms with Crippen molar-refractivity contribution in [1.82, 2.24) is 4.90 Å². The Balaban J connectivity index is 1.94. The smallest absolute Gasteiger partial charge is 0.259 e. The molecule has 0 saturated heterocycles. The lowest BCUT2D eigenvalue weighted by Crippen LogP contribution is -2.16. The molecule has 0 unspecified atom stereocenters. The first-order valence-corrected chi connectivity index (χ1v) is 9.15. The first-order valence-electron chi connectivity index (χ1n) is 9.15. The minimum atomic E-state index is -0.687. The van der Waals surface area contributed by atoms with Crippen molar-refractivity contribution < 1.29 is 14.0 Å². The molecule has 0 aromatic heterocycles. The summed E-state index contributed by atoms with van der Waals surface area (Å²) >= 11 is 0. The summed E-state index contributed by atoms with van der Waals surface area (Å²) in [6.45, 7) is 0. The molecule has 0 spiro atoms. The van der Waals surface area contributed by atoms with E-state index in [9.17, 15) is 14.0 Å². The molecular weight excluding hydrogens is 367 g/mol. The molecule has 0 heterocycles. The fourth-order valence-corrected chi connectivity index (χ4v) is 2.96. The Morgan fingerprint density at radius 3 is 1.90 bits per heavy atom. The number of halogens is 1. The van der Waals surface area contributed by atoms with E-state index in [4.69, 9.17) is 0 Å². The molecule has 5 heteroatoms. The highest BCUT2D eigenvalue weighted by Crippen LogP contribution is 2.27. The summed E-state index contributed by atoms with van der Waals surface area (Å²) in [6.07, 6.45) is 1.44. The maximum Gasteiger partial charge on any atom is 0.259 e. The van der Waals surface area contributed by atoms with E-state index < -0.39 is 5.92 Å². The maximum atomic E-state index is 13.4. The van der Waals surface area contributed by atoms with E-state index in [0.717, 1.165) is 0 Å². The van der Waals surface area contributed by atoms with Crippen LogP contribution >= 0.6 is 0 Å². The van der Waals surface area contributed by atoms with Crippen LogP contribution in [0.2, 0.25) is 0 Å². The maximum absolute atomic E-state index is 13.4. The molecule has 0 radical (unpaired) electrons. The summed E-state index contributed by atoms with van der Waals surface area (Å²) in [5.74, 6) is -1.52. The first kappa shape index (κ1) is 20.1. The van der Waals surface area contributed by atoms with Crippen LogP contribution in [0.5, 0.6) is 0 Å². The Hall–Kier alpha value is -3.60. The average Bonchev–Trinajstić information content (AvgIpc) is 2.74. The highest BCUT2D eigenvalue weighted by atomic mass is 19.1. The van der Waals surface area contributed by atoms with Crippen LogP contribution in [0, 0.1) is 5.82 Å². The van der Waals surface area contributed by atoms with Gasteiger partial charge in [0.1, 0.15) is 5.82 Å². The molecule has 0 aliphatic heterocycles. The van der Waals surface area contributed by atoms with Crippen molar-refractivity contribution in [3.8, 4) is 0 Å². The van der Waals surface area contributed by atoms with E-state index in [2.05, 4.69) is 4.99 Å². The monoisotopic (exact) mass is 388 g/mol. The highest BCUT2D eigenvalue weighted by Gasteiger charge is 2.23. The van der Waals surface area contributed by atoms with Crippen molar-refractivity contribution >= 4 is 18.0 Å². The molecule has 0 bridgehead atoms. The molecule has 0 saturated carbocycles. The number of carbonyl (C=O) groups excluding carboxylic acids is 2. The van der Waals surface area contributed by atoms with E-state index in [0.29, 0.717) is 22.3 Å². The lowest BCUT2D eigenvalue weighted by Gasteiger charge is -2.15. The van der Waals surface area contributed by atoms with E-state index in [1.165, 1.54) is 18.5 Å². The van der Waals surface area contributed by atoms with Crippen LogP contribution < -0.4 is 0 Å². The van der Waals surface area contributed by atoms with E-state index in [1.807, 2.05) is 18.2 Å². The van der Waals surface area contributed by atoms with Gasteiger partial charge in [-0.15, -0.1) is 0 Å². The van der Waals surface area contributed by atoms with Crippen LogP contribution in [0.25, 0.3) is 0 Å². The molecule has 0 fully saturated rings. The van der Waals surface area contributed by atoms with Crippen molar-refractivity contribution in [3.63, 3.8) is 0 Å². The molecule has 0 N–H and O–H groups in total. The number of rotatable bonds is 6. The van der Waals surface area contributed by atoms with Gasteiger partial charge in [-0.2, -0.15) is 0 Å². The van der Waals surface area contributed by atoms with Crippen LogP contribution in [-0.2, 0) is 4.79 Å². The fraction of sp³-hybridized carbons (Fsp3) is 0.125. The second kappa shape index (κ2) is 9.06. The van der Waals surface area contributed by atoms with Crippen molar-refractivity contribution in [2.45, 2.75) is 5.92 Å². The minimum Gasteiger partial charge on any atom is -0.369 e. The van der Waals surface area contributed by atoms with Gasteiger partial charge < -0.3 is 4.90 Å². The third kappa shape index (κ3) is 5.02. The minimum absolute atomic E-state index is 0.0903. The van der Waals surface area contributed by atoms with Gasteiger partial charge in [0.05, 0.1) is 12.3 Å². The van der Waals surface area contributed by atoms with Gasteiger partial charge in [-0.05, 0) is 23.3 Å². The molecule has 29 heavy (non-hydrogen) atoms. The number of benzene rings is 3. The number of nitrogens with zero attached hydrogens (tertiary/aromatic N) is 2. The predicted molar refractivity (Wildman–Crippen MR) is 112 cm³/mol. The number of carbonyl (C=O) groups is 2. The third-order valence-corrected chi connectivity index (χ3v) is 4.41. The molecule has 3 aromatic carbocycles. The molecule has 146 valence electrons. The van der Waals surface area contributed by atoms with Gasteiger partial charge in [-0.3, -0.25) is 9.59 Å². The molecule has 1 atom stereocenters. The molecule has 0 aliphatic carbocycles. The molecule has 4 nitrogen and oxygen atoms in total. The number of hydrogen-bond donors (Lipinski definition) is 0. The van der Waals surface area contributed by atoms with E-state index in [1.54, 1.807) is 67.5 Å². The molecule has 3 rings (SSSR count). The lowest BCUT2D eigenvalue weighted by molar-refractivity contribution is -0.118. The van der Waals surface area contributed by atoms with Gasteiger partial charge in [0.15, 0.2) is 5.78 Å². The average molecular weight is 388 g/mol. The molecule has 3 aromatic rings. The molecule has 1 amide bonds. The summed E-state index contributed by atoms with van der Waals surface area (Å²) in [4.78, 5) is 31.1.